The minimum atomic E-state index is -0.660. The Bertz CT molecular complexity index is 906. The zero-order valence-electron chi connectivity index (χ0n) is 13.6. The Morgan fingerprint density at radius 2 is 2.04 bits per heavy atom. The van der Waals surface area contributed by atoms with Crippen molar-refractivity contribution in [1.29, 1.82) is 0 Å². The maximum Gasteiger partial charge on any atom is 0.225 e. The number of hydrogen-bond donors (Lipinski definition) is 1. The molecule has 0 spiro atoms. The van der Waals surface area contributed by atoms with Gasteiger partial charge in [0.1, 0.15) is 23.1 Å². The summed E-state index contributed by atoms with van der Waals surface area (Å²) in [6.45, 7) is 4.43. The van der Waals surface area contributed by atoms with Crippen molar-refractivity contribution in [1.82, 2.24) is 15.0 Å². The summed E-state index contributed by atoms with van der Waals surface area (Å²) in [5.74, 6) is 1.84. The van der Waals surface area contributed by atoms with E-state index >= 15 is 0 Å². The van der Waals surface area contributed by atoms with E-state index in [1.165, 1.54) is 0 Å². The molecule has 4 heterocycles. The van der Waals surface area contributed by atoms with Crippen molar-refractivity contribution in [3.63, 3.8) is 0 Å². The van der Waals surface area contributed by atoms with Gasteiger partial charge in [0.25, 0.3) is 0 Å². The molecule has 1 aliphatic heterocycles. The van der Waals surface area contributed by atoms with Crippen LogP contribution in [-0.2, 0) is 4.74 Å². The zero-order chi connectivity index (χ0) is 17.4. The standard InChI is InChI=1S/C17H17ClN4O3/c1-10(23)13-2-3-14(25-13)11-8-12-15(19-9-11)16(21-17(18)20-12)22-4-6-24-7-5-22/h2-3,8-10,23H,4-7H2,1H3. The first-order valence-electron chi connectivity index (χ1n) is 8.06. The third kappa shape index (κ3) is 3.18. The highest BCUT2D eigenvalue weighted by atomic mass is 35.5. The summed E-state index contributed by atoms with van der Waals surface area (Å²) in [6, 6.07) is 5.41. The molecular weight excluding hydrogens is 344 g/mol. The van der Waals surface area contributed by atoms with Crippen molar-refractivity contribution in [3.8, 4) is 11.3 Å². The highest BCUT2D eigenvalue weighted by molar-refractivity contribution is 6.28. The first kappa shape index (κ1) is 16.3. The van der Waals surface area contributed by atoms with Crippen LogP contribution in [0.15, 0.2) is 28.8 Å². The molecule has 1 aliphatic rings. The molecule has 8 heteroatoms. The predicted octanol–water partition coefficient (Wildman–Crippen LogP) is 2.83. The first-order chi connectivity index (χ1) is 12.1. The quantitative estimate of drug-likeness (QED) is 0.719. The number of pyridine rings is 1. The molecule has 3 aromatic heterocycles. The molecule has 3 aromatic rings. The highest BCUT2D eigenvalue weighted by Gasteiger charge is 2.19. The van der Waals surface area contributed by atoms with E-state index in [-0.39, 0.29) is 5.28 Å². The number of aliphatic hydroxyl groups excluding tert-OH is 1. The van der Waals surface area contributed by atoms with Crippen LogP contribution in [0.1, 0.15) is 18.8 Å². The molecule has 4 rings (SSSR count). The second-order valence-electron chi connectivity index (χ2n) is 5.89. The summed E-state index contributed by atoms with van der Waals surface area (Å²) in [5.41, 5.74) is 2.11. The number of anilines is 1. The maximum absolute atomic E-state index is 9.61. The number of morpholine rings is 1. The van der Waals surface area contributed by atoms with Gasteiger partial charge >= 0.3 is 0 Å². The highest BCUT2D eigenvalue weighted by Crippen LogP contribution is 2.30. The van der Waals surface area contributed by atoms with Crippen LogP contribution < -0.4 is 4.90 Å². The molecule has 1 saturated heterocycles. The van der Waals surface area contributed by atoms with Gasteiger partial charge in [0.05, 0.1) is 18.7 Å². The van der Waals surface area contributed by atoms with Crippen LogP contribution in [0.3, 0.4) is 0 Å². The largest absolute Gasteiger partial charge is 0.458 e. The predicted molar refractivity (Wildman–Crippen MR) is 93.7 cm³/mol. The summed E-state index contributed by atoms with van der Waals surface area (Å²) in [7, 11) is 0. The summed E-state index contributed by atoms with van der Waals surface area (Å²) >= 11 is 6.12. The molecule has 0 saturated carbocycles. The van der Waals surface area contributed by atoms with E-state index in [4.69, 9.17) is 20.8 Å². The molecule has 0 bridgehead atoms. The van der Waals surface area contributed by atoms with E-state index in [1.54, 1.807) is 25.3 Å². The van der Waals surface area contributed by atoms with Crippen LogP contribution in [0, 0.1) is 0 Å². The Hall–Kier alpha value is -2.22. The van der Waals surface area contributed by atoms with Crippen molar-refractivity contribution >= 4 is 28.5 Å². The summed E-state index contributed by atoms with van der Waals surface area (Å²) in [5, 5.41) is 9.79. The number of rotatable bonds is 3. The Kier molecular flexibility index (Phi) is 4.29. The van der Waals surface area contributed by atoms with E-state index in [9.17, 15) is 5.11 Å². The average molecular weight is 361 g/mol. The van der Waals surface area contributed by atoms with Crippen LogP contribution in [0.4, 0.5) is 5.82 Å². The lowest BCUT2D eigenvalue weighted by atomic mass is 10.2. The molecule has 0 aromatic carbocycles. The Morgan fingerprint density at radius 3 is 2.76 bits per heavy atom. The molecule has 7 nitrogen and oxygen atoms in total. The summed E-state index contributed by atoms with van der Waals surface area (Å²) in [6.07, 6.45) is 1.06. The topological polar surface area (TPSA) is 84.5 Å². The Morgan fingerprint density at radius 1 is 1.24 bits per heavy atom. The van der Waals surface area contributed by atoms with Crippen LogP contribution in [0.5, 0.6) is 0 Å². The minimum absolute atomic E-state index is 0.178. The number of ether oxygens (including phenoxy) is 1. The Balaban J connectivity index is 1.77. The van der Waals surface area contributed by atoms with Gasteiger partial charge in [-0.3, -0.25) is 0 Å². The van der Waals surface area contributed by atoms with Crippen molar-refractivity contribution in [2.45, 2.75) is 13.0 Å². The fourth-order valence-corrected chi connectivity index (χ4v) is 3.01. The third-order valence-electron chi connectivity index (χ3n) is 4.12. The van der Waals surface area contributed by atoms with E-state index in [0.29, 0.717) is 41.6 Å². The van der Waals surface area contributed by atoms with Gasteiger partial charge in [0.2, 0.25) is 5.28 Å². The van der Waals surface area contributed by atoms with Gasteiger partial charge in [-0.15, -0.1) is 0 Å². The molecule has 130 valence electrons. The van der Waals surface area contributed by atoms with Gasteiger partial charge in [-0.2, -0.15) is 4.98 Å². The molecule has 25 heavy (non-hydrogen) atoms. The average Bonchev–Trinajstić information content (AvgIpc) is 3.11. The normalized spacial score (nSPS) is 16.4. The molecule has 0 aliphatic carbocycles. The number of fused-ring (bicyclic) bond motifs is 1. The van der Waals surface area contributed by atoms with Crippen LogP contribution in [0.2, 0.25) is 5.28 Å². The van der Waals surface area contributed by atoms with Crippen molar-refractivity contribution < 1.29 is 14.3 Å². The SMILES string of the molecule is CC(O)c1ccc(-c2cnc3c(N4CCOCC4)nc(Cl)nc3c2)o1. The molecule has 1 fully saturated rings. The fraction of sp³-hybridized carbons (Fsp3) is 0.353. The second-order valence-corrected chi connectivity index (χ2v) is 6.22. The first-order valence-corrected chi connectivity index (χ1v) is 8.44. The van der Waals surface area contributed by atoms with E-state index < -0.39 is 6.10 Å². The summed E-state index contributed by atoms with van der Waals surface area (Å²) < 4.78 is 11.1. The lowest BCUT2D eigenvalue weighted by molar-refractivity contribution is 0.122. The number of halogens is 1. The molecule has 1 atom stereocenters. The molecule has 1 unspecified atom stereocenters. The van der Waals surface area contributed by atoms with Gasteiger partial charge in [-0.25, -0.2) is 9.97 Å². The van der Waals surface area contributed by atoms with Gasteiger partial charge in [-0.1, -0.05) is 0 Å². The molecule has 1 N–H and O–H groups in total. The molecule has 0 radical (unpaired) electrons. The number of nitrogens with zero attached hydrogens (tertiary/aromatic N) is 4. The fourth-order valence-electron chi connectivity index (χ4n) is 2.84. The summed E-state index contributed by atoms with van der Waals surface area (Å²) in [4.78, 5) is 15.3. The van der Waals surface area contributed by atoms with E-state index in [2.05, 4.69) is 19.9 Å². The van der Waals surface area contributed by atoms with Gasteiger partial charge < -0.3 is 19.2 Å². The molecule has 0 amide bonds. The van der Waals surface area contributed by atoms with Crippen molar-refractivity contribution in [2.75, 3.05) is 31.2 Å². The van der Waals surface area contributed by atoms with Crippen LogP contribution in [0.25, 0.3) is 22.4 Å². The lowest BCUT2D eigenvalue weighted by Gasteiger charge is -2.28. The van der Waals surface area contributed by atoms with E-state index in [0.717, 1.165) is 18.7 Å². The molecular formula is C17H17ClN4O3. The van der Waals surface area contributed by atoms with Crippen molar-refractivity contribution in [2.24, 2.45) is 0 Å². The zero-order valence-corrected chi connectivity index (χ0v) is 14.4. The number of hydrogen-bond acceptors (Lipinski definition) is 7. The maximum atomic E-state index is 9.61. The van der Waals surface area contributed by atoms with Crippen molar-refractivity contribution in [3.05, 3.63) is 35.4 Å². The second kappa shape index (κ2) is 6.59. The lowest BCUT2D eigenvalue weighted by Crippen LogP contribution is -2.37. The Labute approximate surface area is 149 Å². The monoisotopic (exact) mass is 360 g/mol. The van der Waals surface area contributed by atoms with Crippen LogP contribution >= 0.6 is 11.6 Å². The minimum Gasteiger partial charge on any atom is -0.458 e. The third-order valence-corrected chi connectivity index (χ3v) is 4.29. The number of furan rings is 1. The smallest absolute Gasteiger partial charge is 0.225 e. The van der Waals surface area contributed by atoms with E-state index in [1.807, 2.05) is 6.07 Å². The number of aliphatic hydroxyl groups is 1. The van der Waals surface area contributed by atoms with Gasteiger partial charge in [-0.05, 0) is 36.7 Å². The number of aromatic nitrogens is 3. The van der Waals surface area contributed by atoms with Gasteiger partial charge in [0, 0.05) is 24.8 Å². The van der Waals surface area contributed by atoms with Crippen LogP contribution in [-0.4, -0.2) is 46.4 Å². The van der Waals surface area contributed by atoms with Gasteiger partial charge in [0.15, 0.2) is 5.82 Å².